The molecule has 2 aromatic rings. The molecule has 2 aromatic carbocycles. The van der Waals surface area contributed by atoms with Gasteiger partial charge in [0.05, 0.1) is 15.6 Å². The fraction of sp³-hybridized carbons (Fsp3) is 0.235. The zero-order valence-corrected chi connectivity index (χ0v) is 13.0. The molecule has 0 saturated heterocycles. The molecule has 0 aliphatic carbocycles. The Hall–Kier alpha value is -1.94. The normalized spacial score (nSPS) is 15.0. The maximum Gasteiger partial charge on any atom is 0.261 e. The minimum absolute atomic E-state index is 0.319. The van der Waals surface area contributed by atoms with Gasteiger partial charge >= 0.3 is 0 Å². The van der Waals surface area contributed by atoms with E-state index in [1.807, 2.05) is 43.3 Å². The summed E-state index contributed by atoms with van der Waals surface area (Å²) in [5.41, 5.74) is 0.914. The van der Waals surface area contributed by atoms with Crippen molar-refractivity contribution in [3.8, 4) is 0 Å². The van der Waals surface area contributed by atoms with Crippen molar-refractivity contribution in [3.63, 3.8) is 0 Å². The molecular formula is C17H19NO2S. The van der Waals surface area contributed by atoms with E-state index in [4.69, 9.17) is 0 Å². The minimum atomic E-state index is -2.70. The van der Waals surface area contributed by atoms with Gasteiger partial charge in [0.2, 0.25) is 0 Å². The first kappa shape index (κ1) is 15.4. The van der Waals surface area contributed by atoms with E-state index in [0.717, 1.165) is 5.56 Å². The molecule has 0 aliphatic rings. The molecule has 0 N–H and O–H groups in total. The summed E-state index contributed by atoms with van der Waals surface area (Å²) in [5, 5.41) is 0. The van der Waals surface area contributed by atoms with E-state index in [9.17, 15) is 9.00 Å². The van der Waals surface area contributed by atoms with Crippen LogP contribution in [0.5, 0.6) is 0 Å². The zero-order chi connectivity index (χ0) is 15.3. The second kappa shape index (κ2) is 6.68. The quantitative estimate of drug-likeness (QED) is 0.860. The first-order valence-corrected chi connectivity index (χ1v) is 8.83. The highest BCUT2D eigenvalue weighted by Gasteiger charge is 2.20. The molecule has 2 unspecified atom stereocenters. The van der Waals surface area contributed by atoms with Gasteiger partial charge < -0.3 is 0 Å². The Morgan fingerprint density at radius 1 is 1.05 bits per heavy atom. The predicted octanol–water partition coefficient (Wildman–Crippen LogP) is 3.86. The van der Waals surface area contributed by atoms with Crippen LogP contribution in [0.15, 0.2) is 69.9 Å². The number of amides is 1. The van der Waals surface area contributed by atoms with Crippen molar-refractivity contribution >= 4 is 15.6 Å². The Morgan fingerprint density at radius 3 is 2.10 bits per heavy atom. The standard InChI is InChI=1S/C17H19NO2S/c1-3-16(14-10-6-4-7-11-14)17(19)18-21(2,20)15-12-8-5-9-13-15/h4-13,16H,3H2,1-2H3. The van der Waals surface area contributed by atoms with Crippen molar-refractivity contribution in [1.82, 2.24) is 0 Å². The number of rotatable bonds is 4. The lowest BCUT2D eigenvalue weighted by molar-refractivity contribution is -0.119. The summed E-state index contributed by atoms with van der Waals surface area (Å²) in [6.45, 7) is 1.94. The smallest absolute Gasteiger partial charge is 0.261 e. The Balaban J connectivity index is 2.35. The molecule has 1 amide bonds. The first-order chi connectivity index (χ1) is 10.0. The van der Waals surface area contributed by atoms with Crippen LogP contribution in [0, 0.1) is 0 Å². The molecule has 21 heavy (non-hydrogen) atoms. The zero-order valence-electron chi connectivity index (χ0n) is 12.2. The third-order valence-electron chi connectivity index (χ3n) is 3.35. The van der Waals surface area contributed by atoms with Gasteiger partial charge in [-0.25, -0.2) is 4.21 Å². The van der Waals surface area contributed by atoms with Gasteiger partial charge in [0, 0.05) is 11.2 Å². The van der Waals surface area contributed by atoms with Crippen LogP contribution >= 0.6 is 0 Å². The predicted molar refractivity (Wildman–Crippen MR) is 85.7 cm³/mol. The van der Waals surface area contributed by atoms with Crippen LogP contribution in [0.4, 0.5) is 0 Å². The average molecular weight is 301 g/mol. The molecular weight excluding hydrogens is 282 g/mol. The maximum atomic E-state index is 12.7. The monoisotopic (exact) mass is 301 g/mol. The molecule has 0 fully saturated rings. The number of hydrogen-bond acceptors (Lipinski definition) is 2. The average Bonchev–Trinajstić information content (AvgIpc) is 2.49. The summed E-state index contributed by atoms with van der Waals surface area (Å²) in [7, 11) is -2.70. The minimum Gasteiger partial charge on any atom is -0.271 e. The van der Waals surface area contributed by atoms with Gasteiger partial charge in [0.25, 0.3) is 5.91 Å². The van der Waals surface area contributed by atoms with Crippen LogP contribution in [-0.4, -0.2) is 16.4 Å². The van der Waals surface area contributed by atoms with E-state index in [-0.39, 0.29) is 11.8 Å². The topological polar surface area (TPSA) is 46.5 Å². The van der Waals surface area contributed by atoms with E-state index >= 15 is 0 Å². The number of nitrogens with zero attached hydrogens (tertiary/aromatic N) is 1. The van der Waals surface area contributed by atoms with Crippen LogP contribution in [0.25, 0.3) is 0 Å². The summed E-state index contributed by atoms with van der Waals surface area (Å²) in [4.78, 5) is 13.0. The number of benzene rings is 2. The molecule has 0 radical (unpaired) electrons. The van der Waals surface area contributed by atoms with Gasteiger partial charge in [-0.15, -0.1) is 0 Å². The summed E-state index contributed by atoms with van der Waals surface area (Å²) in [6.07, 6.45) is 2.15. The van der Waals surface area contributed by atoms with Crippen molar-refractivity contribution in [2.45, 2.75) is 24.2 Å². The molecule has 0 bridgehead atoms. The van der Waals surface area contributed by atoms with Crippen LogP contribution < -0.4 is 0 Å². The summed E-state index contributed by atoms with van der Waals surface area (Å²) >= 11 is 0. The lowest BCUT2D eigenvalue weighted by atomic mass is 9.96. The highest BCUT2D eigenvalue weighted by atomic mass is 32.2. The molecule has 4 heteroatoms. The molecule has 2 atom stereocenters. The molecule has 0 spiro atoms. The second-order valence-electron chi connectivity index (χ2n) is 4.92. The largest absolute Gasteiger partial charge is 0.271 e. The van der Waals surface area contributed by atoms with E-state index in [1.165, 1.54) is 6.26 Å². The maximum absolute atomic E-state index is 12.7. The van der Waals surface area contributed by atoms with E-state index < -0.39 is 9.73 Å². The van der Waals surface area contributed by atoms with Crippen molar-refractivity contribution in [2.75, 3.05) is 6.26 Å². The van der Waals surface area contributed by atoms with Gasteiger partial charge in [-0.3, -0.25) is 4.79 Å². The van der Waals surface area contributed by atoms with Gasteiger partial charge in [0.15, 0.2) is 0 Å². The van der Waals surface area contributed by atoms with Gasteiger partial charge in [-0.1, -0.05) is 55.5 Å². The highest BCUT2D eigenvalue weighted by Crippen LogP contribution is 2.22. The van der Waals surface area contributed by atoms with Crippen LogP contribution in [-0.2, 0) is 14.5 Å². The first-order valence-electron chi connectivity index (χ1n) is 6.90. The Kier molecular flexibility index (Phi) is 4.91. The lowest BCUT2D eigenvalue weighted by Crippen LogP contribution is -2.12. The summed E-state index contributed by atoms with van der Waals surface area (Å²) in [6, 6.07) is 18.4. The Labute approximate surface area is 126 Å². The van der Waals surface area contributed by atoms with E-state index in [2.05, 4.69) is 4.36 Å². The van der Waals surface area contributed by atoms with E-state index in [1.54, 1.807) is 24.3 Å². The number of carbonyl (C=O) groups excluding carboxylic acids is 1. The van der Waals surface area contributed by atoms with Crippen LogP contribution in [0.1, 0.15) is 24.8 Å². The fourth-order valence-electron chi connectivity index (χ4n) is 2.20. The Bertz CT molecular complexity index is 717. The van der Waals surface area contributed by atoms with Gasteiger partial charge in [-0.05, 0) is 24.1 Å². The second-order valence-corrected chi connectivity index (χ2v) is 7.18. The van der Waals surface area contributed by atoms with Crippen LogP contribution in [0.2, 0.25) is 0 Å². The molecule has 3 nitrogen and oxygen atoms in total. The lowest BCUT2D eigenvalue weighted by Gasteiger charge is -2.12. The fourth-order valence-corrected chi connectivity index (χ4v) is 3.44. The molecule has 0 aromatic heterocycles. The summed E-state index contributed by atoms with van der Waals surface area (Å²) < 4.78 is 16.7. The van der Waals surface area contributed by atoms with Crippen molar-refractivity contribution in [3.05, 3.63) is 66.2 Å². The molecule has 0 aliphatic heterocycles. The van der Waals surface area contributed by atoms with E-state index in [0.29, 0.717) is 11.3 Å². The van der Waals surface area contributed by atoms with Gasteiger partial charge in [-0.2, -0.15) is 4.36 Å². The molecule has 2 rings (SSSR count). The van der Waals surface area contributed by atoms with Crippen molar-refractivity contribution in [2.24, 2.45) is 4.36 Å². The number of hydrogen-bond donors (Lipinski definition) is 0. The Morgan fingerprint density at radius 2 is 1.57 bits per heavy atom. The molecule has 0 saturated carbocycles. The summed E-state index contributed by atoms with van der Waals surface area (Å²) in [5.74, 6) is -0.657. The van der Waals surface area contributed by atoms with Crippen LogP contribution in [0.3, 0.4) is 0 Å². The third kappa shape index (κ3) is 3.79. The third-order valence-corrected chi connectivity index (χ3v) is 5.03. The van der Waals surface area contributed by atoms with Crippen molar-refractivity contribution < 1.29 is 9.00 Å². The molecule has 0 heterocycles. The number of carbonyl (C=O) groups is 1. The highest BCUT2D eigenvalue weighted by molar-refractivity contribution is 7.93. The van der Waals surface area contributed by atoms with Crippen molar-refractivity contribution in [1.29, 1.82) is 0 Å². The van der Waals surface area contributed by atoms with Gasteiger partial charge in [0.1, 0.15) is 0 Å². The SMILES string of the molecule is CCC(C(=O)N=S(C)(=O)c1ccccc1)c1ccccc1. The molecule has 110 valence electrons.